The molecule has 0 saturated carbocycles. The van der Waals surface area contributed by atoms with Crippen LogP contribution in [0.15, 0.2) is 24.5 Å². The average molecular weight is 455 g/mol. The number of nitrogens with one attached hydrogen (secondary N) is 1. The fourth-order valence-corrected chi connectivity index (χ4v) is 4.18. The molecule has 1 saturated heterocycles. The zero-order valence-electron chi connectivity index (χ0n) is 16.9. The van der Waals surface area contributed by atoms with Crippen LogP contribution in [0.5, 0.6) is 0 Å². The Morgan fingerprint density at radius 1 is 1.27 bits per heavy atom. The molecule has 1 aliphatic heterocycles. The second-order valence-corrected chi connectivity index (χ2v) is 10.2. The fraction of sp³-hybridized carbons (Fsp3) is 0.450. The standard InChI is InChI=1S/C20H24ClFN4O3S/c1-13-9-14(22)11-24-20(13)16-10-18(23-12-17(16)21)26-6-3-15(4-7-26)25-19(27)5-8-30(2,28)29/h9-12,15H,3-8H2,1-2H3,(H,25,27). The Labute approximate surface area is 180 Å². The predicted molar refractivity (Wildman–Crippen MR) is 115 cm³/mol. The smallest absolute Gasteiger partial charge is 0.221 e. The SMILES string of the molecule is Cc1cc(F)cnc1-c1cc(N2CCC(NC(=O)CCS(C)(=O)=O)CC2)ncc1Cl. The van der Waals surface area contributed by atoms with E-state index in [2.05, 4.69) is 20.2 Å². The molecule has 1 N–H and O–H groups in total. The number of sulfone groups is 1. The molecule has 1 fully saturated rings. The molecule has 3 heterocycles. The zero-order chi connectivity index (χ0) is 21.9. The van der Waals surface area contributed by atoms with Crippen LogP contribution >= 0.6 is 11.6 Å². The van der Waals surface area contributed by atoms with E-state index in [0.717, 1.165) is 31.1 Å². The maximum atomic E-state index is 13.4. The summed E-state index contributed by atoms with van der Waals surface area (Å²) in [6.07, 6.45) is 5.27. The Balaban J connectivity index is 1.64. The molecule has 162 valence electrons. The second kappa shape index (κ2) is 9.26. The molecule has 10 heteroatoms. The van der Waals surface area contributed by atoms with Gasteiger partial charge in [0.05, 0.1) is 22.7 Å². The van der Waals surface area contributed by atoms with Gasteiger partial charge in [-0.1, -0.05) is 11.6 Å². The number of halogens is 2. The summed E-state index contributed by atoms with van der Waals surface area (Å²) in [6, 6.07) is 3.26. The average Bonchev–Trinajstić information content (AvgIpc) is 2.67. The van der Waals surface area contributed by atoms with Crippen molar-refractivity contribution in [3.63, 3.8) is 0 Å². The number of hydrogen-bond donors (Lipinski definition) is 1. The third kappa shape index (κ3) is 5.89. The van der Waals surface area contributed by atoms with Crippen molar-refractivity contribution in [3.8, 4) is 11.3 Å². The first kappa shape index (κ1) is 22.4. The summed E-state index contributed by atoms with van der Waals surface area (Å²) in [4.78, 5) is 22.6. The number of aryl methyl sites for hydroxylation is 1. The number of hydrogen-bond acceptors (Lipinski definition) is 6. The van der Waals surface area contributed by atoms with Crippen molar-refractivity contribution in [3.05, 3.63) is 40.9 Å². The fourth-order valence-electron chi connectivity index (χ4n) is 3.44. The van der Waals surface area contributed by atoms with Gasteiger partial charge in [0, 0.05) is 43.6 Å². The number of carbonyl (C=O) groups is 1. The Bertz CT molecular complexity index is 1040. The van der Waals surface area contributed by atoms with Crippen molar-refractivity contribution >= 4 is 33.2 Å². The van der Waals surface area contributed by atoms with E-state index < -0.39 is 15.7 Å². The van der Waals surface area contributed by atoms with Crippen molar-refractivity contribution in [1.29, 1.82) is 0 Å². The molecule has 30 heavy (non-hydrogen) atoms. The lowest BCUT2D eigenvalue weighted by molar-refractivity contribution is -0.121. The minimum atomic E-state index is -3.15. The number of carbonyl (C=O) groups excluding carboxylic acids is 1. The van der Waals surface area contributed by atoms with Gasteiger partial charge >= 0.3 is 0 Å². The van der Waals surface area contributed by atoms with Crippen molar-refractivity contribution in [1.82, 2.24) is 15.3 Å². The highest BCUT2D eigenvalue weighted by Gasteiger charge is 2.23. The van der Waals surface area contributed by atoms with Gasteiger partial charge in [-0.2, -0.15) is 0 Å². The molecule has 2 aromatic heterocycles. The molecular weight excluding hydrogens is 431 g/mol. The number of pyridine rings is 2. The topological polar surface area (TPSA) is 92.3 Å². The summed E-state index contributed by atoms with van der Waals surface area (Å²) in [5.74, 6) is -0.0564. The third-order valence-corrected chi connectivity index (χ3v) is 6.27. The van der Waals surface area contributed by atoms with E-state index in [0.29, 0.717) is 34.9 Å². The minimum absolute atomic E-state index is 0.00101. The first-order valence-electron chi connectivity index (χ1n) is 9.62. The van der Waals surface area contributed by atoms with Crippen LogP contribution in [-0.2, 0) is 14.6 Å². The molecule has 0 spiro atoms. The van der Waals surface area contributed by atoms with Crippen LogP contribution < -0.4 is 10.2 Å². The largest absolute Gasteiger partial charge is 0.356 e. The lowest BCUT2D eigenvalue weighted by Gasteiger charge is -2.33. The van der Waals surface area contributed by atoms with E-state index in [4.69, 9.17) is 11.6 Å². The molecule has 0 aliphatic carbocycles. The van der Waals surface area contributed by atoms with Gasteiger partial charge in [-0.05, 0) is 37.5 Å². The number of anilines is 1. The van der Waals surface area contributed by atoms with Gasteiger partial charge in [-0.3, -0.25) is 9.78 Å². The van der Waals surface area contributed by atoms with E-state index in [-0.39, 0.29) is 24.1 Å². The van der Waals surface area contributed by atoms with Crippen LogP contribution in [0.4, 0.5) is 10.2 Å². The Kier molecular flexibility index (Phi) is 6.92. The van der Waals surface area contributed by atoms with Gasteiger partial charge < -0.3 is 10.2 Å². The van der Waals surface area contributed by atoms with Crippen LogP contribution in [0.2, 0.25) is 5.02 Å². The molecule has 1 amide bonds. The summed E-state index contributed by atoms with van der Waals surface area (Å²) in [6.45, 7) is 3.14. The highest BCUT2D eigenvalue weighted by molar-refractivity contribution is 7.90. The van der Waals surface area contributed by atoms with Crippen LogP contribution in [-0.4, -0.2) is 55.4 Å². The maximum Gasteiger partial charge on any atom is 0.221 e. The molecule has 3 rings (SSSR count). The second-order valence-electron chi connectivity index (χ2n) is 7.55. The molecular formula is C20H24ClFN4O3S. The normalized spacial score (nSPS) is 15.3. The summed E-state index contributed by atoms with van der Waals surface area (Å²) >= 11 is 6.32. The maximum absolute atomic E-state index is 13.4. The molecule has 1 aliphatic rings. The Morgan fingerprint density at radius 3 is 2.60 bits per heavy atom. The molecule has 0 unspecified atom stereocenters. The Hall–Kier alpha value is -2.26. The van der Waals surface area contributed by atoms with Gasteiger partial charge in [0.25, 0.3) is 0 Å². The van der Waals surface area contributed by atoms with E-state index in [1.165, 1.54) is 6.07 Å². The van der Waals surface area contributed by atoms with Gasteiger partial charge in [-0.15, -0.1) is 0 Å². The van der Waals surface area contributed by atoms with Crippen LogP contribution in [0, 0.1) is 12.7 Å². The first-order valence-corrected chi connectivity index (χ1v) is 12.1. The summed E-state index contributed by atoms with van der Waals surface area (Å²) in [5.41, 5.74) is 1.98. The van der Waals surface area contributed by atoms with Gasteiger partial charge in [-0.25, -0.2) is 17.8 Å². The van der Waals surface area contributed by atoms with Crippen LogP contribution in [0.1, 0.15) is 24.8 Å². The highest BCUT2D eigenvalue weighted by Crippen LogP contribution is 2.32. The summed E-state index contributed by atoms with van der Waals surface area (Å²) in [5, 5.41) is 3.34. The molecule has 0 atom stereocenters. The quantitative estimate of drug-likeness (QED) is 0.721. The number of piperidine rings is 1. The van der Waals surface area contributed by atoms with Crippen LogP contribution in [0.25, 0.3) is 11.3 Å². The van der Waals surface area contributed by atoms with E-state index >= 15 is 0 Å². The number of rotatable bonds is 6. The summed E-state index contributed by atoms with van der Waals surface area (Å²) in [7, 11) is -3.15. The van der Waals surface area contributed by atoms with Crippen LogP contribution in [0.3, 0.4) is 0 Å². The molecule has 0 aromatic carbocycles. The molecule has 0 bridgehead atoms. The summed E-state index contributed by atoms with van der Waals surface area (Å²) < 4.78 is 35.8. The third-order valence-electron chi connectivity index (χ3n) is 5.02. The van der Waals surface area contributed by atoms with Crippen molar-refractivity contribution in [2.45, 2.75) is 32.2 Å². The zero-order valence-corrected chi connectivity index (χ0v) is 18.4. The molecule has 7 nitrogen and oxygen atoms in total. The van der Waals surface area contributed by atoms with Crippen molar-refractivity contribution in [2.75, 3.05) is 30.0 Å². The highest BCUT2D eigenvalue weighted by atomic mass is 35.5. The van der Waals surface area contributed by atoms with E-state index in [9.17, 15) is 17.6 Å². The lowest BCUT2D eigenvalue weighted by Crippen LogP contribution is -2.45. The molecule has 2 aromatic rings. The van der Waals surface area contributed by atoms with Gasteiger partial charge in [0.1, 0.15) is 21.5 Å². The number of nitrogens with zero attached hydrogens (tertiary/aromatic N) is 3. The van der Waals surface area contributed by atoms with Gasteiger partial charge in [0.15, 0.2) is 0 Å². The van der Waals surface area contributed by atoms with E-state index in [1.807, 2.05) is 6.07 Å². The first-order chi connectivity index (χ1) is 14.1. The lowest BCUT2D eigenvalue weighted by atomic mass is 10.0. The Morgan fingerprint density at radius 2 is 1.97 bits per heavy atom. The predicted octanol–water partition coefficient (Wildman–Crippen LogP) is 2.76. The number of aromatic nitrogens is 2. The van der Waals surface area contributed by atoms with Gasteiger partial charge in [0.2, 0.25) is 5.91 Å². The van der Waals surface area contributed by atoms with E-state index in [1.54, 1.807) is 13.1 Å². The molecule has 0 radical (unpaired) electrons. The monoisotopic (exact) mass is 454 g/mol. The minimum Gasteiger partial charge on any atom is -0.356 e. The van der Waals surface area contributed by atoms with Crippen molar-refractivity contribution in [2.24, 2.45) is 0 Å². The number of amides is 1. The van der Waals surface area contributed by atoms with Crippen molar-refractivity contribution < 1.29 is 17.6 Å².